The first kappa shape index (κ1) is 15.7. The van der Waals surface area contributed by atoms with Crippen molar-refractivity contribution >= 4 is 23.1 Å². The van der Waals surface area contributed by atoms with Gasteiger partial charge < -0.3 is 15.3 Å². The number of aromatic nitrogens is 3. The van der Waals surface area contributed by atoms with E-state index in [0.29, 0.717) is 9.87 Å². The van der Waals surface area contributed by atoms with E-state index in [0.717, 1.165) is 10.9 Å². The summed E-state index contributed by atoms with van der Waals surface area (Å²) in [7, 11) is 0. The molecule has 0 saturated carbocycles. The average molecular weight is 350 g/mol. The van der Waals surface area contributed by atoms with Crippen LogP contribution in [0.2, 0.25) is 5.02 Å². The largest absolute Gasteiger partial charge is 0.438 e. The third-order valence-electron chi connectivity index (χ3n) is 3.01. The molecule has 0 aliphatic carbocycles. The molecule has 0 atom stereocenters. The molecule has 3 rings (SSSR count). The smallest absolute Gasteiger partial charge is 0.409 e. The van der Waals surface area contributed by atoms with Crippen LogP contribution in [0, 0.1) is 15.9 Å². The van der Waals surface area contributed by atoms with Crippen LogP contribution < -0.4 is 5.49 Å². The zero-order valence-electron chi connectivity index (χ0n) is 11.9. The summed E-state index contributed by atoms with van der Waals surface area (Å²) in [5.41, 5.74) is -0.0779. The molecule has 24 heavy (non-hydrogen) atoms. The predicted molar refractivity (Wildman–Crippen MR) is 82.0 cm³/mol. The van der Waals surface area contributed by atoms with Crippen LogP contribution in [0.25, 0.3) is 5.69 Å². The minimum Gasteiger partial charge on any atom is -0.409 e. The van der Waals surface area contributed by atoms with E-state index in [9.17, 15) is 19.7 Å². The van der Waals surface area contributed by atoms with E-state index in [2.05, 4.69) is 10.1 Å². The van der Waals surface area contributed by atoms with Gasteiger partial charge >= 0.3 is 5.82 Å². The van der Waals surface area contributed by atoms with Crippen LogP contribution >= 0.6 is 11.6 Å². The molecule has 8 nitrogen and oxygen atoms in total. The second kappa shape index (κ2) is 6.13. The fourth-order valence-electron chi connectivity index (χ4n) is 2.00. The van der Waals surface area contributed by atoms with Gasteiger partial charge in [-0.3, -0.25) is 0 Å². The van der Waals surface area contributed by atoms with Crippen molar-refractivity contribution in [3.63, 3.8) is 0 Å². The zero-order valence-corrected chi connectivity index (χ0v) is 12.6. The van der Waals surface area contributed by atoms with E-state index >= 15 is 0 Å². The van der Waals surface area contributed by atoms with Gasteiger partial charge in [-0.05, 0) is 46.1 Å². The molecular formula is C14H9ClFN5O3. The fourth-order valence-corrected chi connectivity index (χ4v) is 2.19. The summed E-state index contributed by atoms with van der Waals surface area (Å²) >= 11 is 5.87. The van der Waals surface area contributed by atoms with Gasteiger partial charge in [0, 0.05) is 5.02 Å². The molecule has 3 aromatic rings. The number of benzene rings is 2. The molecule has 0 aliphatic heterocycles. The maximum absolute atomic E-state index is 13.2. The van der Waals surface area contributed by atoms with Gasteiger partial charge in [-0.2, -0.15) is 0 Å². The highest BCUT2D eigenvalue weighted by atomic mass is 35.5. The molecule has 1 heterocycles. The van der Waals surface area contributed by atoms with Gasteiger partial charge in [0.1, 0.15) is 11.5 Å². The number of hydrogen-bond acceptors (Lipinski definition) is 5. The summed E-state index contributed by atoms with van der Waals surface area (Å²) in [6.07, 6.45) is 0. The Labute approximate surface area is 138 Å². The van der Waals surface area contributed by atoms with Gasteiger partial charge in [0.25, 0.3) is 5.49 Å². The topological polar surface area (TPSA) is 98.5 Å². The van der Waals surface area contributed by atoms with Crippen LogP contribution in [0.4, 0.5) is 15.9 Å². The minimum absolute atomic E-state index is 0.0894. The van der Waals surface area contributed by atoms with Gasteiger partial charge in [-0.1, -0.05) is 28.6 Å². The van der Waals surface area contributed by atoms with Crippen molar-refractivity contribution in [2.75, 3.05) is 0 Å². The van der Waals surface area contributed by atoms with Crippen LogP contribution in [0.15, 0.2) is 53.5 Å². The highest BCUT2D eigenvalue weighted by Crippen LogP contribution is 2.16. The molecular weight excluding hydrogens is 341 g/mol. The summed E-state index contributed by atoms with van der Waals surface area (Å²) in [6, 6.07) is 11.3. The lowest BCUT2D eigenvalue weighted by atomic mass is 10.3. The Kier molecular flexibility index (Phi) is 4.00. The van der Waals surface area contributed by atoms with Crippen molar-refractivity contribution in [2.45, 2.75) is 0 Å². The first-order chi connectivity index (χ1) is 11.5. The predicted octanol–water partition coefficient (Wildman–Crippen LogP) is 2.84. The number of halogens is 2. The number of nitro groups is 1. The Morgan fingerprint density at radius 1 is 1.25 bits per heavy atom. The summed E-state index contributed by atoms with van der Waals surface area (Å²) in [5.74, 6) is -1.26. The highest BCUT2D eigenvalue weighted by molar-refractivity contribution is 6.30. The molecule has 1 N–H and O–H groups in total. The standard InChI is InChI=1S/C14H9ClFN5O3/c15-9-3-1-6-12(7-9)19-18-14(21(23)24)13(20(19)22)17-11-5-2-4-10(16)8-11/h1-8,22H. The third kappa shape index (κ3) is 2.97. The lowest BCUT2D eigenvalue weighted by Crippen LogP contribution is -2.22. The normalized spacial score (nSPS) is 11.7. The summed E-state index contributed by atoms with van der Waals surface area (Å²) in [4.78, 5) is 15.6. The van der Waals surface area contributed by atoms with Crippen molar-refractivity contribution in [3.8, 4) is 5.69 Å². The van der Waals surface area contributed by atoms with Gasteiger partial charge in [-0.15, -0.1) is 0 Å². The van der Waals surface area contributed by atoms with Gasteiger partial charge in [-0.25, -0.2) is 9.38 Å². The lowest BCUT2D eigenvalue weighted by Gasteiger charge is -2.00. The van der Waals surface area contributed by atoms with Crippen LogP contribution in [-0.2, 0) is 0 Å². The van der Waals surface area contributed by atoms with Crippen LogP contribution in [0.1, 0.15) is 0 Å². The average Bonchev–Trinajstić information content (AvgIpc) is 2.85. The van der Waals surface area contributed by atoms with Gasteiger partial charge in [0.2, 0.25) is 0 Å². The molecule has 0 amide bonds. The highest BCUT2D eigenvalue weighted by Gasteiger charge is 2.24. The fraction of sp³-hybridized carbons (Fsp3) is 0. The summed E-state index contributed by atoms with van der Waals surface area (Å²) < 4.78 is 13.2. The van der Waals surface area contributed by atoms with Crippen LogP contribution in [0.3, 0.4) is 0 Å². The second-order valence-electron chi connectivity index (χ2n) is 4.65. The molecule has 0 aliphatic rings. The van der Waals surface area contributed by atoms with E-state index in [1.807, 2.05) is 0 Å². The first-order valence-electron chi connectivity index (χ1n) is 6.58. The van der Waals surface area contributed by atoms with E-state index in [1.54, 1.807) is 18.2 Å². The number of nitrogens with zero attached hydrogens (tertiary/aromatic N) is 5. The van der Waals surface area contributed by atoms with Crippen LogP contribution in [0.5, 0.6) is 0 Å². The van der Waals surface area contributed by atoms with E-state index in [-0.39, 0.29) is 11.4 Å². The SMILES string of the molecule is O=[N+]([O-])c1nn(-c2cccc(Cl)c2)n(O)c1=Nc1cccc(F)c1. The molecule has 0 spiro atoms. The van der Waals surface area contributed by atoms with E-state index in [1.165, 1.54) is 24.3 Å². The molecule has 1 aromatic heterocycles. The molecule has 122 valence electrons. The summed E-state index contributed by atoms with van der Waals surface area (Å²) in [6.45, 7) is 0. The Bertz CT molecular complexity index is 998. The Balaban J connectivity index is 2.24. The second-order valence-corrected chi connectivity index (χ2v) is 5.09. The quantitative estimate of drug-likeness (QED) is 0.446. The molecule has 0 fully saturated rings. The van der Waals surface area contributed by atoms with Crippen molar-refractivity contribution < 1.29 is 14.5 Å². The molecule has 0 bridgehead atoms. The molecule has 0 radical (unpaired) electrons. The maximum atomic E-state index is 13.2. The van der Waals surface area contributed by atoms with Crippen LogP contribution in [-0.4, -0.2) is 24.9 Å². The molecule has 10 heteroatoms. The van der Waals surface area contributed by atoms with Gasteiger partial charge in [0.05, 0.1) is 10.8 Å². The minimum atomic E-state index is -0.800. The van der Waals surface area contributed by atoms with Crippen molar-refractivity contribution in [2.24, 2.45) is 4.99 Å². The zero-order chi connectivity index (χ0) is 17.3. The Hall–Kier alpha value is -3.20. The van der Waals surface area contributed by atoms with E-state index < -0.39 is 22.0 Å². The Morgan fingerprint density at radius 2 is 2.00 bits per heavy atom. The van der Waals surface area contributed by atoms with Crippen molar-refractivity contribution in [3.05, 3.63) is 75.0 Å². The van der Waals surface area contributed by atoms with E-state index in [4.69, 9.17) is 11.6 Å². The molecule has 2 aromatic carbocycles. The monoisotopic (exact) mass is 349 g/mol. The lowest BCUT2D eigenvalue weighted by molar-refractivity contribution is -0.391. The summed E-state index contributed by atoms with van der Waals surface area (Å²) in [5, 5.41) is 25.5. The van der Waals surface area contributed by atoms with Gasteiger partial charge in [0.15, 0.2) is 0 Å². The number of rotatable bonds is 3. The maximum Gasteiger partial charge on any atom is 0.438 e. The number of hydrogen-bond donors (Lipinski definition) is 1. The van der Waals surface area contributed by atoms with Crippen molar-refractivity contribution in [1.29, 1.82) is 0 Å². The molecule has 0 saturated heterocycles. The molecule has 0 unspecified atom stereocenters. The first-order valence-corrected chi connectivity index (χ1v) is 6.96. The third-order valence-corrected chi connectivity index (χ3v) is 3.25. The Morgan fingerprint density at radius 3 is 2.67 bits per heavy atom. The van der Waals surface area contributed by atoms with Crippen molar-refractivity contribution in [1.82, 2.24) is 14.7 Å².